The SMILES string of the molecule is Cc1ccc(OCCC2CCCCCC2)cc1. The van der Waals surface area contributed by atoms with Crippen LogP contribution in [0.3, 0.4) is 0 Å². The lowest BCUT2D eigenvalue weighted by atomic mass is 9.97. The highest BCUT2D eigenvalue weighted by molar-refractivity contribution is 5.26. The Morgan fingerprint density at radius 2 is 1.65 bits per heavy atom. The molecule has 0 N–H and O–H groups in total. The molecule has 1 fully saturated rings. The van der Waals surface area contributed by atoms with E-state index in [2.05, 4.69) is 31.2 Å². The molecule has 0 heterocycles. The zero-order valence-corrected chi connectivity index (χ0v) is 11.0. The van der Waals surface area contributed by atoms with Gasteiger partial charge in [-0.1, -0.05) is 56.2 Å². The van der Waals surface area contributed by atoms with Crippen molar-refractivity contribution in [2.24, 2.45) is 5.92 Å². The van der Waals surface area contributed by atoms with Crippen LogP contribution in [0.2, 0.25) is 0 Å². The Labute approximate surface area is 105 Å². The molecule has 0 bridgehead atoms. The van der Waals surface area contributed by atoms with Crippen LogP contribution < -0.4 is 4.74 Å². The molecule has 0 aliphatic heterocycles. The maximum Gasteiger partial charge on any atom is 0.119 e. The Morgan fingerprint density at radius 1 is 1.00 bits per heavy atom. The number of hydrogen-bond acceptors (Lipinski definition) is 1. The molecule has 0 atom stereocenters. The van der Waals surface area contributed by atoms with Crippen LogP contribution in [0.4, 0.5) is 0 Å². The van der Waals surface area contributed by atoms with E-state index in [1.807, 2.05) is 0 Å². The molecule has 17 heavy (non-hydrogen) atoms. The molecule has 0 spiro atoms. The molecule has 1 aliphatic carbocycles. The van der Waals surface area contributed by atoms with E-state index in [0.717, 1.165) is 18.3 Å². The first-order chi connectivity index (χ1) is 8.34. The molecule has 94 valence electrons. The number of aryl methyl sites for hydroxylation is 1. The lowest BCUT2D eigenvalue weighted by Crippen LogP contribution is -2.06. The number of rotatable bonds is 4. The van der Waals surface area contributed by atoms with E-state index < -0.39 is 0 Å². The lowest BCUT2D eigenvalue weighted by Gasteiger charge is -2.14. The van der Waals surface area contributed by atoms with Gasteiger partial charge in [0.05, 0.1) is 6.61 Å². The van der Waals surface area contributed by atoms with Crippen molar-refractivity contribution in [1.82, 2.24) is 0 Å². The van der Waals surface area contributed by atoms with Crippen molar-refractivity contribution in [3.8, 4) is 5.75 Å². The van der Waals surface area contributed by atoms with Gasteiger partial charge in [-0.25, -0.2) is 0 Å². The fraction of sp³-hybridized carbons (Fsp3) is 0.625. The van der Waals surface area contributed by atoms with E-state index in [1.54, 1.807) is 0 Å². The van der Waals surface area contributed by atoms with Crippen molar-refractivity contribution in [3.63, 3.8) is 0 Å². The van der Waals surface area contributed by atoms with Crippen LogP contribution in [0, 0.1) is 12.8 Å². The molecule has 2 rings (SSSR count). The first kappa shape index (κ1) is 12.5. The highest BCUT2D eigenvalue weighted by atomic mass is 16.5. The Kier molecular flexibility index (Phi) is 4.90. The predicted octanol–water partition coefficient (Wildman–Crippen LogP) is 4.73. The molecule has 1 aliphatic rings. The number of benzene rings is 1. The van der Waals surface area contributed by atoms with E-state index in [9.17, 15) is 0 Å². The summed E-state index contributed by atoms with van der Waals surface area (Å²) in [7, 11) is 0. The molecule has 1 nitrogen and oxygen atoms in total. The van der Waals surface area contributed by atoms with Crippen molar-refractivity contribution < 1.29 is 4.74 Å². The van der Waals surface area contributed by atoms with Gasteiger partial charge < -0.3 is 4.74 Å². The minimum absolute atomic E-state index is 0.883. The van der Waals surface area contributed by atoms with Crippen LogP contribution in [0.1, 0.15) is 50.5 Å². The van der Waals surface area contributed by atoms with Gasteiger partial charge in [-0.2, -0.15) is 0 Å². The molecule has 1 saturated carbocycles. The summed E-state index contributed by atoms with van der Waals surface area (Å²) < 4.78 is 5.80. The van der Waals surface area contributed by atoms with Gasteiger partial charge in [-0.3, -0.25) is 0 Å². The van der Waals surface area contributed by atoms with Crippen LogP contribution in [0.15, 0.2) is 24.3 Å². The Bertz CT molecular complexity index is 307. The fourth-order valence-electron chi connectivity index (χ4n) is 2.63. The summed E-state index contributed by atoms with van der Waals surface area (Å²) in [5.74, 6) is 1.92. The second-order valence-corrected chi connectivity index (χ2v) is 5.31. The normalized spacial score (nSPS) is 17.7. The highest BCUT2D eigenvalue weighted by Gasteiger charge is 2.11. The van der Waals surface area contributed by atoms with Gasteiger partial charge in [0.15, 0.2) is 0 Å². The monoisotopic (exact) mass is 232 g/mol. The summed E-state index contributed by atoms with van der Waals surface area (Å²) in [6, 6.07) is 8.37. The zero-order chi connectivity index (χ0) is 11.9. The summed E-state index contributed by atoms with van der Waals surface area (Å²) in [4.78, 5) is 0. The van der Waals surface area contributed by atoms with Crippen LogP contribution in [-0.2, 0) is 0 Å². The average molecular weight is 232 g/mol. The zero-order valence-electron chi connectivity index (χ0n) is 11.0. The third kappa shape index (κ3) is 4.41. The Morgan fingerprint density at radius 3 is 2.29 bits per heavy atom. The molecule has 0 aromatic heterocycles. The van der Waals surface area contributed by atoms with Gasteiger partial charge in [0.25, 0.3) is 0 Å². The van der Waals surface area contributed by atoms with E-state index in [-0.39, 0.29) is 0 Å². The minimum Gasteiger partial charge on any atom is -0.494 e. The summed E-state index contributed by atoms with van der Waals surface area (Å²) in [6.07, 6.45) is 9.79. The van der Waals surface area contributed by atoms with Gasteiger partial charge >= 0.3 is 0 Å². The second kappa shape index (κ2) is 6.68. The topological polar surface area (TPSA) is 9.23 Å². The fourth-order valence-corrected chi connectivity index (χ4v) is 2.63. The summed E-state index contributed by atoms with van der Waals surface area (Å²) in [5, 5.41) is 0. The molecule has 0 unspecified atom stereocenters. The van der Waals surface area contributed by atoms with Crippen molar-refractivity contribution in [3.05, 3.63) is 29.8 Å². The van der Waals surface area contributed by atoms with E-state index in [1.165, 1.54) is 50.5 Å². The first-order valence-corrected chi connectivity index (χ1v) is 7.04. The van der Waals surface area contributed by atoms with E-state index in [4.69, 9.17) is 4.74 Å². The molecular formula is C16H24O. The van der Waals surface area contributed by atoms with E-state index in [0.29, 0.717) is 0 Å². The molecule has 1 aromatic rings. The summed E-state index contributed by atoms with van der Waals surface area (Å²) >= 11 is 0. The summed E-state index contributed by atoms with van der Waals surface area (Å²) in [5.41, 5.74) is 1.29. The summed E-state index contributed by atoms with van der Waals surface area (Å²) in [6.45, 7) is 2.99. The van der Waals surface area contributed by atoms with Crippen LogP contribution >= 0.6 is 0 Å². The quantitative estimate of drug-likeness (QED) is 0.682. The van der Waals surface area contributed by atoms with Crippen molar-refractivity contribution in [1.29, 1.82) is 0 Å². The second-order valence-electron chi connectivity index (χ2n) is 5.31. The van der Waals surface area contributed by atoms with Gasteiger partial charge in [0, 0.05) is 0 Å². The maximum atomic E-state index is 5.80. The molecular weight excluding hydrogens is 208 g/mol. The van der Waals surface area contributed by atoms with Gasteiger partial charge in [-0.05, 0) is 31.4 Å². The van der Waals surface area contributed by atoms with Crippen molar-refractivity contribution in [2.45, 2.75) is 51.9 Å². The van der Waals surface area contributed by atoms with Crippen LogP contribution in [-0.4, -0.2) is 6.61 Å². The van der Waals surface area contributed by atoms with Crippen molar-refractivity contribution in [2.75, 3.05) is 6.61 Å². The number of hydrogen-bond donors (Lipinski definition) is 0. The third-order valence-electron chi connectivity index (χ3n) is 3.79. The van der Waals surface area contributed by atoms with Crippen LogP contribution in [0.5, 0.6) is 5.75 Å². The van der Waals surface area contributed by atoms with Gasteiger partial charge in [0.1, 0.15) is 5.75 Å². The smallest absolute Gasteiger partial charge is 0.119 e. The standard InChI is InChI=1S/C16H24O/c1-14-8-10-16(11-9-14)17-13-12-15-6-4-2-3-5-7-15/h8-11,15H,2-7,12-13H2,1H3. The molecule has 0 saturated heterocycles. The Balaban J connectivity index is 1.69. The third-order valence-corrected chi connectivity index (χ3v) is 3.79. The van der Waals surface area contributed by atoms with Gasteiger partial charge in [-0.15, -0.1) is 0 Å². The molecule has 1 aromatic carbocycles. The predicted molar refractivity (Wildman–Crippen MR) is 72.5 cm³/mol. The molecule has 0 amide bonds. The van der Waals surface area contributed by atoms with Crippen LogP contribution in [0.25, 0.3) is 0 Å². The average Bonchev–Trinajstić information content (AvgIpc) is 2.60. The van der Waals surface area contributed by atoms with Crippen molar-refractivity contribution >= 4 is 0 Å². The molecule has 0 radical (unpaired) electrons. The first-order valence-electron chi connectivity index (χ1n) is 7.04. The minimum atomic E-state index is 0.883. The lowest BCUT2D eigenvalue weighted by molar-refractivity contribution is 0.267. The maximum absolute atomic E-state index is 5.80. The molecule has 1 heteroatoms. The number of ether oxygens (including phenoxy) is 1. The van der Waals surface area contributed by atoms with E-state index >= 15 is 0 Å². The largest absolute Gasteiger partial charge is 0.494 e. The Hall–Kier alpha value is -0.980. The van der Waals surface area contributed by atoms with Gasteiger partial charge in [0.2, 0.25) is 0 Å². The highest BCUT2D eigenvalue weighted by Crippen LogP contribution is 2.25.